The summed E-state index contributed by atoms with van der Waals surface area (Å²) in [6, 6.07) is 0. The molecule has 0 aromatic rings. The van der Waals surface area contributed by atoms with Gasteiger partial charge < -0.3 is 14.9 Å². The first kappa shape index (κ1) is 40.9. The average molecular weight is 691 g/mol. The van der Waals surface area contributed by atoms with Crippen molar-refractivity contribution in [2.45, 2.75) is 175 Å². The predicted octanol–water partition coefficient (Wildman–Crippen LogP) is 11.6. The van der Waals surface area contributed by atoms with E-state index < -0.39 is 23.2 Å². The zero-order valence-corrected chi connectivity index (χ0v) is 33.0. The third-order valence-corrected chi connectivity index (χ3v) is 14.0. The molecule has 0 radical (unpaired) electrons. The number of hydrogen-bond acceptors (Lipinski definition) is 4. The van der Waals surface area contributed by atoms with Crippen LogP contribution in [0.25, 0.3) is 0 Å². The van der Waals surface area contributed by atoms with Gasteiger partial charge in [-0.25, -0.2) is 0 Å². The van der Waals surface area contributed by atoms with Crippen LogP contribution in [0.1, 0.15) is 158 Å². The molecule has 282 valence electrons. The van der Waals surface area contributed by atoms with Crippen LogP contribution in [0.5, 0.6) is 0 Å². The minimum absolute atomic E-state index is 0.205. The fourth-order valence-electron chi connectivity index (χ4n) is 10.4. The van der Waals surface area contributed by atoms with Gasteiger partial charge in [0, 0.05) is 18.3 Å². The molecule has 0 saturated heterocycles. The van der Waals surface area contributed by atoms with Crippen molar-refractivity contribution in [3.05, 3.63) is 60.3 Å². The van der Waals surface area contributed by atoms with Crippen LogP contribution in [0.2, 0.25) is 0 Å². The van der Waals surface area contributed by atoms with Crippen molar-refractivity contribution in [2.24, 2.45) is 46.3 Å². The van der Waals surface area contributed by atoms with E-state index in [0.29, 0.717) is 42.4 Å². The number of allylic oxidation sites excluding steroid dienone is 9. The quantitative estimate of drug-likeness (QED) is 0.0853. The number of carbonyl (C=O) groups is 1. The van der Waals surface area contributed by atoms with Crippen molar-refractivity contribution in [1.82, 2.24) is 0 Å². The van der Waals surface area contributed by atoms with Gasteiger partial charge in [-0.1, -0.05) is 122 Å². The first-order valence-electron chi connectivity index (χ1n) is 20.8. The Kier molecular flexibility index (Phi) is 15.3. The first-order chi connectivity index (χ1) is 23.9. The number of aliphatic hydroxyl groups excluding tert-OH is 1. The smallest absolute Gasteiger partial charge is 0.306 e. The van der Waals surface area contributed by atoms with Gasteiger partial charge in [-0.3, -0.25) is 4.79 Å². The van der Waals surface area contributed by atoms with Gasteiger partial charge in [0.15, 0.2) is 0 Å². The average Bonchev–Trinajstić information content (AvgIpc) is 3.43. The lowest BCUT2D eigenvalue weighted by Gasteiger charge is -2.62. The lowest BCUT2D eigenvalue weighted by molar-refractivity contribution is -0.222. The van der Waals surface area contributed by atoms with Crippen molar-refractivity contribution in [3.8, 4) is 0 Å². The maximum Gasteiger partial charge on any atom is 0.306 e. The summed E-state index contributed by atoms with van der Waals surface area (Å²) in [6.45, 7) is 16.3. The van der Waals surface area contributed by atoms with Gasteiger partial charge in [0.1, 0.15) is 11.7 Å². The molecule has 0 amide bonds. The molecule has 0 heterocycles. The third-order valence-electron chi connectivity index (χ3n) is 14.0. The highest BCUT2D eigenvalue weighted by molar-refractivity contribution is 5.70. The molecule has 4 rings (SSSR count). The SMILES string of the molecule is CCC=CCC=CCC=CCCCCCCCC(=O)OC1C=C2C3CCC(C(C)C=CC(C)C(C)C)C3(C)CCC2C2(C)CCC(O)CC12O. The van der Waals surface area contributed by atoms with E-state index in [2.05, 4.69) is 103 Å². The van der Waals surface area contributed by atoms with E-state index in [0.717, 1.165) is 57.8 Å². The lowest BCUT2D eigenvalue weighted by Crippen LogP contribution is -2.66. The summed E-state index contributed by atoms with van der Waals surface area (Å²) in [5.74, 6) is 2.91. The predicted molar refractivity (Wildman–Crippen MR) is 209 cm³/mol. The third kappa shape index (κ3) is 9.54. The van der Waals surface area contributed by atoms with E-state index in [-0.39, 0.29) is 23.7 Å². The van der Waals surface area contributed by atoms with Gasteiger partial charge in [0.2, 0.25) is 0 Å². The van der Waals surface area contributed by atoms with Crippen LogP contribution in [0.15, 0.2) is 60.3 Å². The van der Waals surface area contributed by atoms with E-state index >= 15 is 0 Å². The molecule has 3 fully saturated rings. The van der Waals surface area contributed by atoms with Crippen molar-refractivity contribution < 1.29 is 19.7 Å². The molecule has 0 spiro atoms. The van der Waals surface area contributed by atoms with Crippen molar-refractivity contribution >= 4 is 5.97 Å². The molecule has 4 aliphatic rings. The summed E-state index contributed by atoms with van der Waals surface area (Å²) < 4.78 is 6.28. The van der Waals surface area contributed by atoms with E-state index in [1.165, 1.54) is 37.7 Å². The van der Waals surface area contributed by atoms with Gasteiger partial charge in [-0.15, -0.1) is 0 Å². The largest absolute Gasteiger partial charge is 0.455 e. The Morgan fingerprint density at radius 3 is 2.26 bits per heavy atom. The summed E-state index contributed by atoms with van der Waals surface area (Å²) in [4.78, 5) is 13.4. The molecule has 4 heteroatoms. The highest BCUT2D eigenvalue weighted by Gasteiger charge is 2.66. The molecule has 0 aromatic carbocycles. The molecular weight excluding hydrogens is 617 g/mol. The second-order valence-corrected chi connectivity index (χ2v) is 17.6. The van der Waals surface area contributed by atoms with Crippen molar-refractivity contribution in [2.75, 3.05) is 0 Å². The molecule has 0 aromatic heterocycles. The number of fused-ring (bicyclic) bond motifs is 5. The molecule has 3 saturated carbocycles. The number of carbonyl (C=O) groups excluding carboxylic acids is 1. The van der Waals surface area contributed by atoms with Gasteiger partial charge in [-0.2, -0.15) is 0 Å². The number of hydrogen-bond donors (Lipinski definition) is 2. The number of ether oxygens (including phenoxy) is 1. The van der Waals surface area contributed by atoms with E-state index in [1.54, 1.807) is 0 Å². The Hall–Kier alpha value is -1.91. The molecule has 50 heavy (non-hydrogen) atoms. The van der Waals surface area contributed by atoms with Crippen LogP contribution in [-0.4, -0.2) is 34.0 Å². The summed E-state index contributed by atoms with van der Waals surface area (Å²) in [6.07, 6.45) is 35.6. The minimum Gasteiger partial charge on any atom is -0.455 e. The monoisotopic (exact) mass is 691 g/mol. The molecule has 10 atom stereocenters. The molecular formula is C46H74O4. The molecule has 2 N–H and O–H groups in total. The maximum absolute atomic E-state index is 13.4. The van der Waals surface area contributed by atoms with Crippen molar-refractivity contribution in [1.29, 1.82) is 0 Å². The fraction of sp³-hybridized carbons (Fsp3) is 0.761. The van der Waals surface area contributed by atoms with E-state index in [1.807, 2.05) is 0 Å². The van der Waals surface area contributed by atoms with E-state index in [4.69, 9.17) is 4.74 Å². The van der Waals surface area contributed by atoms with Crippen LogP contribution in [-0.2, 0) is 9.53 Å². The van der Waals surface area contributed by atoms with Crippen LogP contribution >= 0.6 is 0 Å². The molecule has 0 bridgehead atoms. The van der Waals surface area contributed by atoms with Gasteiger partial charge in [-0.05, 0) is 124 Å². The number of esters is 1. The maximum atomic E-state index is 13.4. The van der Waals surface area contributed by atoms with Gasteiger partial charge in [0.05, 0.1) is 6.10 Å². The van der Waals surface area contributed by atoms with Crippen LogP contribution in [0.4, 0.5) is 0 Å². The molecule has 4 aliphatic carbocycles. The Balaban J connectivity index is 1.33. The first-order valence-corrected chi connectivity index (χ1v) is 20.8. The highest BCUT2D eigenvalue weighted by Crippen LogP contribution is 2.68. The zero-order valence-electron chi connectivity index (χ0n) is 33.0. The normalized spacial score (nSPS) is 35.5. The second-order valence-electron chi connectivity index (χ2n) is 17.6. The van der Waals surface area contributed by atoms with Gasteiger partial charge in [0.25, 0.3) is 0 Å². The minimum atomic E-state index is -1.24. The standard InChI is InChI=1S/C46H74O4/c1-8-9-10-11-12-13-14-15-16-17-18-19-20-21-22-23-43(48)50-42-32-38-40-27-26-39(36(5)25-24-35(4)34(2)3)44(40,6)30-29-41(38)45(7)31-28-37(47)33-46(42,45)49/h9-10,12-13,15-16,24-25,32,34-37,39-42,47,49H,8,11,14,17-23,26-31,33H2,1-7H3. The molecule has 0 aliphatic heterocycles. The summed E-state index contributed by atoms with van der Waals surface area (Å²) in [5.41, 5.74) is 0.0117. The number of rotatable bonds is 18. The molecule has 10 unspecified atom stereocenters. The summed E-state index contributed by atoms with van der Waals surface area (Å²) in [5, 5.41) is 23.3. The zero-order chi connectivity index (χ0) is 36.4. The Labute approximate surface area is 307 Å². The van der Waals surface area contributed by atoms with Crippen LogP contribution in [0.3, 0.4) is 0 Å². The van der Waals surface area contributed by atoms with Crippen molar-refractivity contribution in [3.63, 3.8) is 0 Å². The lowest BCUT2D eigenvalue weighted by atomic mass is 9.45. The number of aliphatic hydroxyl groups is 2. The van der Waals surface area contributed by atoms with E-state index in [9.17, 15) is 15.0 Å². The Morgan fingerprint density at radius 2 is 1.54 bits per heavy atom. The summed E-state index contributed by atoms with van der Waals surface area (Å²) in [7, 11) is 0. The van der Waals surface area contributed by atoms with Crippen LogP contribution < -0.4 is 0 Å². The summed E-state index contributed by atoms with van der Waals surface area (Å²) >= 11 is 0. The van der Waals surface area contributed by atoms with Gasteiger partial charge >= 0.3 is 5.97 Å². The Morgan fingerprint density at radius 1 is 0.860 bits per heavy atom. The second kappa shape index (κ2) is 18.7. The Bertz CT molecular complexity index is 1220. The number of unbranched alkanes of at least 4 members (excludes halogenated alkanes) is 5. The topological polar surface area (TPSA) is 66.8 Å². The molecule has 4 nitrogen and oxygen atoms in total. The van der Waals surface area contributed by atoms with Crippen LogP contribution in [0, 0.1) is 46.3 Å². The highest BCUT2D eigenvalue weighted by atomic mass is 16.6. The fourth-order valence-corrected chi connectivity index (χ4v) is 10.4.